The number of ketones is 1. The molecule has 0 radical (unpaired) electrons. The van der Waals surface area contributed by atoms with E-state index < -0.39 is 0 Å². The van der Waals surface area contributed by atoms with Crippen molar-refractivity contribution in [1.29, 1.82) is 0 Å². The maximum atomic E-state index is 11.8. The molecule has 1 aromatic rings. The molecule has 4 heteroatoms. The summed E-state index contributed by atoms with van der Waals surface area (Å²) in [6, 6.07) is 4.94. The first-order valence-electron chi connectivity index (χ1n) is 4.60. The third-order valence-corrected chi connectivity index (χ3v) is 3.44. The minimum Gasteiger partial charge on any atom is -0.293 e. The molecule has 0 bridgehead atoms. The highest BCUT2D eigenvalue weighted by atomic mass is 35.5. The summed E-state index contributed by atoms with van der Waals surface area (Å²) < 4.78 is 0. The summed E-state index contributed by atoms with van der Waals surface area (Å²) in [7, 11) is 0. The van der Waals surface area contributed by atoms with Gasteiger partial charge >= 0.3 is 0 Å². The molecule has 0 saturated carbocycles. The monoisotopic (exact) mass is 262 g/mol. The van der Waals surface area contributed by atoms with Crippen molar-refractivity contribution < 1.29 is 4.79 Å². The Morgan fingerprint density at radius 3 is 2.67 bits per heavy atom. The van der Waals surface area contributed by atoms with Gasteiger partial charge in [0.25, 0.3) is 0 Å². The lowest BCUT2D eigenvalue weighted by Gasteiger charge is -2.06. The lowest BCUT2D eigenvalue weighted by atomic mass is 10.1. The first kappa shape index (κ1) is 12.9. The molecule has 1 rings (SSSR count). The Morgan fingerprint density at radius 2 is 2.07 bits per heavy atom. The van der Waals surface area contributed by atoms with Gasteiger partial charge in [0.1, 0.15) is 0 Å². The summed E-state index contributed by atoms with van der Waals surface area (Å²) in [6.07, 6.45) is 0. The van der Waals surface area contributed by atoms with Crippen molar-refractivity contribution in [3.63, 3.8) is 0 Å². The molecule has 0 atom stereocenters. The second-order valence-electron chi connectivity index (χ2n) is 3.41. The van der Waals surface area contributed by atoms with E-state index in [9.17, 15) is 4.79 Å². The highest BCUT2D eigenvalue weighted by Gasteiger charge is 2.11. The van der Waals surface area contributed by atoms with Crippen LogP contribution in [0.1, 0.15) is 24.2 Å². The minimum absolute atomic E-state index is 0.0289. The van der Waals surface area contributed by atoms with E-state index in [0.29, 0.717) is 26.6 Å². The first-order chi connectivity index (χ1) is 7.00. The van der Waals surface area contributed by atoms with E-state index in [1.54, 1.807) is 30.0 Å². The summed E-state index contributed by atoms with van der Waals surface area (Å²) in [4.78, 5) is 11.8. The quantitative estimate of drug-likeness (QED) is 0.752. The van der Waals surface area contributed by atoms with Crippen molar-refractivity contribution in [3.05, 3.63) is 33.8 Å². The predicted octanol–water partition coefficient (Wildman–Crippen LogP) is 4.32. The van der Waals surface area contributed by atoms with E-state index in [1.807, 2.05) is 0 Å². The zero-order valence-electron chi connectivity index (χ0n) is 8.59. The fraction of sp³-hybridized carbons (Fsp3) is 0.364. The van der Waals surface area contributed by atoms with Gasteiger partial charge in [-0.25, -0.2) is 0 Å². The molecule has 0 spiro atoms. The van der Waals surface area contributed by atoms with Crippen LogP contribution in [-0.2, 0) is 0 Å². The standard InChI is InChI=1S/C11H12Cl2OS/c1-7(2)15-6-11(14)9-5-8(12)3-4-10(9)13/h3-5,7H,6H2,1-2H3. The maximum Gasteiger partial charge on any atom is 0.174 e. The molecule has 0 fully saturated rings. The van der Waals surface area contributed by atoms with E-state index in [0.717, 1.165) is 0 Å². The molecule has 1 aromatic carbocycles. The maximum absolute atomic E-state index is 11.8. The van der Waals surface area contributed by atoms with E-state index in [1.165, 1.54) is 0 Å². The van der Waals surface area contributed by atoms with Crippen molar-refractivity contribution in [2.75, 3.05) is 5.75 Å². The Labute approximate surface area is 104 Å². The van der Waals surface area contributed by atoms with Crippen LogP contribution in [0.15, 0.2) is 18.2 Å². The van der Waals surface area contributed by atoms with Gasteiger partial charge in [-0.15, -0.1) is 0 Å². The molecule has 0 aromatic heterocycles. The van der Waals surface area contributed by atoms with Crippen LogP contribution in [0.5, 0.6) is 0 Å². The third-order valence-electron chi connectivity index (χ3n) is 1.78. The largest absolute Gasteiger partial charge is 0.293 e. The van der Waals surface area contributed by atoms with Crippen LogP contribution in [0.2, 0.25) is 10.0 Å². The molecule has 0 saturated heterocycles. The minimum atomic E-state index is 0.0289. The van der Waals surface area contributed by atoms with Crippen LogP contribution in [0.25, 0.3) is 0 Å². The fourth-order valence-corrected chi connectivity index (χ4v) is 2.07. The van der Waals surface area contributed by atoms with E-state index in [2.05, 4.69) is 13.8 Å². The smallest absolute Gasteiger partial charge is 0.174 e. The number of thioether (sulfide) groups is 1. The fourth-order valence-electron chi connectivity index (χ4n) is 1.03. The topological polar surface area (TPSA) is 17.1 Å². The second-order valence-corrected chi connectivity index (χ2v) is 5.82. The van der Waals surface area contributed by atoms with Crippen LogP contribution in [0.4, 0.5) is 0 Å². The summed E-state index contributed by atoms with van der Waals surface area (Å²) in [5.74, 6) is 0.471. The molecule has 0 heterocycles. The van der Waals surface area contributed by atoms with Crippen LogP contribution in [0, 0.1) is 0 Å². The number of halogens is 2. The average Bonchev–Trinajstić information content (AvgIpc) is 2.18. The number of hydrogen-bond donors (Lipinski definition) is 0. The Hall–Kier alpha value is -0.180. The van der Waals surface area contributed by atoms with E-state index >= 15 is 0 Å². The van der Waals surface area contributed by atoms with Gasteiger partial charge in [-0.1, -0.05) is 37.0 Å². The molecule has 1 nitrogen and oxygen atoms in total. The number of carbonyl (C=O) groups excluding carboxylic acids is 1. The van der Waals surface area contributed by atoms with Crippen molar-refractivity contribution in [2.24, 2.45) is 0 Å². The van der Waals surface area contributed by atoms with Gasteiger partial charge in [-0.2, -0.15) is 11.8 Å². The SMILES string of the molecule is CC(C)SCC(=O)c1cc(Cl)ccc1Cl. The van der Waals surface area contributed by atoms with Gasteiger partial charge in [0, 0.05) is 10.6 Å². The van der Waals surface area contributed by atoms with Gasteiger partial charge in [0.15, 0.2) is 5.78 Å². The van der Waals surface area contributed by atoms with Crippen molar-refractivity contribution in [1.82, 2.24) is 0 Å². The molecule has 0 aliphatic rings. The van der Waals surface area contributed by atoms with Gasteiger partial charge in [0.2, 0.25) is 0 Å². The number of Topliss-reactive ketones (excluding diaryl/α,β-unsaturated/α-hetero) is 1. The zero-order chi connectivity index (χ0) is 11.4. The normalized spacial score (nSPS) is 10.7. The predicted molar refractivity (Wildman–Crippen MR) is 68.4 cm³/mol. The molecule has 15 heavy (non-hydrogen) atoms. The molecule has 0 amide bonds. The summed E-state index contributed by atoms with van der Waals surface area (Å²) in [6.45, 7) is 4.11. The van der Waals surface area contributed by atoms with Crippen LogP contribution in [-0.4, -0.2) is 16.8 Å². The second kappa shape index (κ2) is 5.78. The number of carbonyl (C=O) groups is 1. The Balaban J connectivity index is 2.77. The highest BCUT2D eigenvalue weighted by Crippen LogP contribution is 2.22. The molecular weight excluding hydrogens is 251 g/mol. The molecular formula is C11H12Cl2OS. The van der Waals surface area contributed by atoms with Crippen molar-refractivity contribution in [2.45, 2.75) is 19.1 Å². The first-order valence-corrected chi connectivity index (χ1v) is 6.41. The third kappa shape index (κ3) is 4.06. The Morgan fingerprint density at radius 1 is 1.40 bits per heavy atom. The Bertz CT molecular complexity index is 364. The van der Waals surface area contributed by atoms with Crippen molar-refractivity contribution >= 4 is 40.7 Å². The van der Waals surface area contributed by atoms with Crippen LogP contribution < -0.4 is 0 Å². The lowest BCUT2D eigenvalue weighted by molar-refractivity contribution is 0.102. The number of rotatable bonds is 4. The van der Waals surface area contributed by atoms with Crippen molar-refractivity contribution in [3.8, 4) is 0 Å². The van der Waals surface area contributed by atoms with E-state index in [-0.39, 0.29) is 5.78 Å². The Kier molecular flexibility index (Phi) is 4.97. The van der Waals surface area contributed by atoms with Gasteiger partial charge in [-0.3, -0.25) is 4.79 Å². The van der Waals surface area contributed by atoms with Gasteiger partial charge in [-0.05, 0) is 23.4 Å². The van der Waals surface area contributed by atoms with Gasteiger partial charge < -0.3 is 0 Å². The molecule has 0 unspecified atom stereocenters. The van der Waals surface area contributed by atoms with Crippen LogP contribution in [0.3, 0.4) is 0 Å². The average molecular weight is 263 g/mol. The summed E-state index contributed by atoms with van der Waals surface area (Å²) in [5, 5.41) is 1.44. The van der Waals surface area contributed by atoms with Gasteiger partial charge in [0.05, 0.1) is 10.8 Å². The molecule has 0 aliphatic carbocycles. The number of benzene rings is 1. The number of hydrogen-bond acceptors (Lipinski definition) is 2. The summed E-state index contributed by atoms with van der Waals surface area (Å²) in [5.41, 5.74) is 0.511. The highest BCUT2D eigenvalue weighted by molar-refractivity contribution is 8.00. The summed E-state index contributed by atoms with van der Waals surface area (Å²) >= 11 is 13.3. The zero-order valence-corrected chi connectivity index (χ0v) is 10.9. The molecule has 82 valence electrons. The molecule has 0 aliphatic heterocycles. The van der Waals surface area contributed by atoms with Crippen LogP contribution >= 0.6 is 35.0 Å². The lowest BCUT2D eigenvalue weighted by Crippen LogP contribution is -2.05. The van der Waals surface area contributed by atoms with E-state index in [4.69, 9.17) is 23.2 Å². The molecule has 0 N–H and O–H groups in total.